The number of fused-ring (bicyclic) bond motifs is 1. The van der Waals surface area contributed by atoms with Crippen LogP contribution in [-0.4, -0.2) is 22.0 Å². The van der Waals surface area contributed by atoms with Gasteiger partial charge in [-0.05, 0) is 32.1 Å². The first-order valence-corrected chi connectivity index (χ1v) is 7.66. The van der Waals surface area contributed by atoms with Crippen LogP contribution in [0.1, 0.15) is 44.2 Å². The van der Waals surface area contributed by atoms with Crippen molar-refractivity contribution in [3.05, 3.63) is 10.6 Å². The highest BCUT2D eigenvalue weighted by Gasteiger charge is 2.39. The number of thiazole rings is 1. The zero-order valence-electron chi connectivity index (χ0n) is 12.0. The van der Waals surface area contributed by atoms with Gasteiger partial charge in [-0.1, -0.05) is 13.8 Å². The number of rotatable bonds is 5. The Balaban J connectivity index is 2.02. The van der Waals surface area contributed by atoms with Crippen molar-refractivity contribution in [1.82, 2.24) is 4.98 Å². The van der Waals surface area contributed by atoms with E-state index in [0.29, 0.717) is 5.13 Å². The number of carboxylic acids is 1. The number of aryl methyl sites for hydroxylation is 2. The van der Waals surface area contributed by atoms with Crippen molar-refractivity contribution in [2.45, 2.75) is 46.5 Å². The molecule has 1 heterocycles. The van der Waals surface area contributed by atoms with E-state index in [1.807, 2.05) is 13.8 Å². The minimum Gasteiger partial charge on any atom is -0.481 e. The van der Waals surface area contributed by atoms with Crippen molar-refractivity contribution in [2.75, 3.05) is 5.32 Å². The molecule has 0 bridgehead atoms. The highest BCUT2D eigenvalue weighted by molar-refractivity contribution is 7.15. The van der Waals surface area contributed by atoms with Crippen molar-refractivity contribution in [3.63, 3.8) is 0 Å². The van der Waals surface area contributed by atoms with Crippen LogP contribution in [0.2, 0.25) is 0 Å². The molecule has 6 heteroatoms. The monoisotopic (exact) mass is 296 g/mol. The summed E-state index contributed by atoms with van der Waals surface area (Å²) in [6, 6.07) is 0. The van der Waals surface area contributed by atoms with Crippen LogP contribution in [0, 0.1) is 11.3 Å². The molecular weight excluding hydrogens is 276 g/mol. The maximum atomic E-state index is 12.1. The predicted octanol–water partition coefficient (Wildman–Crippen LogP) is 2.71. The summed E-state index contributed by atoms with van der Waals surface area (Å²) < 4.78 is 0. The Morgan fingerprint density at radius 2 is 2.15 bits per heavy atom. The standard InChI is InChI=1S/C14H20N2O3S/c1-8(2)14(3,12(18)19)7-11(17)16-13-15-9-5-4-6-10(9)20-13/h8H,4-7H2,1-3H3,(H,18,19)(H,15,16,17). The molecule has 0 saturated carbocycles. The Hall–Kier alpha value is -1.43. The molecule has 1 aliphatic rings. The van der Waals surface area contributed by atoms with Gasteiger partial charge in [-0.25, -0.2) is 4.98 Å². The number of hydrogen-bond acceptors (Lipinski definition) is 4. The third kappa shape index (κ3) is 2.85. The fourth-order valence-electron chi connectivity index (χ4n) is 2.27. The summed E-state index contributed by atoms with van der Waals surface area (Å²) in [5.41, 5.74) is 0.0273. The minimum absolute atomic E-state index is 0.0375. The molecule has 5 nitrogen and oxygen atoms in total. The molecule has 2 rings (SSSR count). The van der Waals surface area contributed by atoms with Crippen LogP contribution in [0.25, 0.3) is 0 Å². The average molecular weight is 296 g/mol. The van der Waals surface area contributed by atoms with E-state index in [1.165, 1.54) is 16.2 Å². The number of nitrogens with one attached hydrogen (secondary N) is 1. The normalized spacial score (nSPS) is 16.8. The Morgan fingerprint density at radius 1 is 1.45 bits per heavy atom. The van der Waals surface area contributed by atoms with E-state index < -0.39 is 11.4 Å². The summed E-state index contributed by atoms with van der Waals surface area (Å²) in [5, 5.41) is 12.7. The summed E-state index contributed by atoms with van der Waals surface area (Å²) >= 11 is 1.50. The Bertz CT molecular complexity index is 517. The molecular formula is C14H20N2O3S. The van der Waals surface area contributed by atoms with Gasteiger partial charge in [-0.15, -0.1) is 11.3 Å². The van der Waals surface area contributed by atoms with E-state index in [1.54, 1.807) is 6.92 Å². The maximum Gasteiger partial charge on any atom is 0.310 e. The van der Waals surface area contributed by atoms with Crippen LogP contribution in [0.5, 0.6) is 0 Å². The number of amides is 1. The van der Waals surface area contributed by atoms with Gasteiger partial charge in [-0.2, -0.15) is 0 Å². The highest BCUT2D eigenvalue weighted by Crippen LogP contribution is 2.33. The molecule has 2 N–H and O–H groups in total. The number of anilines is 1. The third-order valence-corrected chi connectivity index (χ3v) is 5.21. The number of aromatic nitrogens is 1. The van der Waals surface area contributed by atoms with Gasteiger partial charge < -0.3 is 10.4 Å². The SMILES string of the molecule is CC(C)C(C)(CC(=O)Nc1nc2c(s1)CCC2)C(=O)O. The Morgan fingerprint density at radius 3 is 2.70 bits per heavy atom. The largest absolute Gasteiger partial charge is 0.481 e. The maximum absolute atomic E-state index is 12.1. The van der Waals surface area contributed by atoms with Gasteiger partial charge in [0.2, 0.25) is 5.91 Å². The van der Waals surface area contributed by atoms with E-state index >= 15 is 0 Å². The van der Waals surface area contributed by atoms with Crippen LogP contribution in [0.4, 0.5) is 5.13 Å². The van der Waals surface area contributed by atoms with Crippen LogP contribution >= 0.6 is 11.3 Å². The lowest BCUT2D eigenvalue weighted by atomic mass is 9.76. The van der Waals surface area contributed by atoms with Crippen molar-refractivity contribution in [3.8, 4) is 0 Å². The molecule has 0 spiro atoms. The number of aliphatic carboxylic acids is 1. The zero-order chi connectivity index (χ0) is 14.9. The minimum atomic E-state index is -1.05. The molecule has 0 fully saturated rings. The second kappa shape index (κ2) is 5.52. The first-order chi connectivity index (χ1) is 9.33. The van der Waals surface area contributed by atoms with Crippen LogP contribution in [-0.2, 0) is 22.4 Å². The quantitative estimate of drug-likeness (QED) is 0.875. The van der Waals surface area contributed by atoms with E-state index in [-0.39, 0.29) is 18.2 Å². The molecule has 20 heavy (non-hydrogen) atoms. The predicted molar refractivity (Wildman–Crippen MR) is 78.0 cm³/mol. The molecule has 1 aromatic heterocycles. The van der Waals surface area contributed by atoms with Crippen LogP contribution in [0.15, 0.2) is 0 Å². The number of carboxylic acid groups (broad SMARTS) is 1. The van der Waals surface area contributed by atoms with Gasteiger partial charge in [-0.3, -0.25) is 9.59 Å². The fourth-order valence-corrected chi connectivity index (χ4v) is 3.33. The van der Waals surface area contributed by atoms with Crippen molar-refractivity contribution in [1.29, 1.82) is 0 Å². The van der Waals surface area contributed by atoms with E-state index in [4.69, 9.17) is 0 Å². The Kier molecular flexibility index (Phi) is 4.13. The van der Waals surface area contributed by atoms with Gasteiger partial charge in [0, 0.05) is 11.3 Å². The molecule has 0 saturated heterocycles. The first-order valence-electron chi connectivity index (χ1n) is 6.84. The molecule has 1 aromatic rings. The smallest absolute Gasteiger partial charge is 0.310 e. The molecule has 0 aromatic carbocycles. The summed E-state index contributed by atoms with van der Waals surface area (Å²) in [6.07, 6.45) is 3.10. The molecule has 0 aliphatic heterocycles. The lowest BCUT2D eigenvalue weighted by Gasteiger charge is -2.28. The molecule has 1 amide bonds. The summed E-state index contributed by atoms with van der Waals surface area (Å²) in [5.74, 6) is -1.34. The second-order valence-corrected chi connectivity index (χ2v) is 6.93. The zero-order valence-corrected chi connectivity index (χ0v) is 12.8. The van der Waals surface area contributed by atoms with Gasteiger partial charge in [0.1, 0.15) is 0 Å². The summed E-state index contributed by atoms with van der Waals surface area (Å²) in [6.45, 7) is 5.25. The van der Waals surface area contributed by atoms with E-state index in [2.05, 4.69) is 10.3 Å². The van der Waals surface area contributed by atoms with Gasteiger partial charge in [0.15, 0.2) is 5.13 Å². The van der Waals surface area contributed by atoms with Crippen LogP contribution in [0.3, 0.4) is 0 Å². The third-order valence-electron chi connectivity index (χ3n) is 4.13. The topological polar surface area (TPSA) is 79.3 Å². The Labute approximate surface area is 122 Å². The van der Waals surface area contributed by atoms with Crippen molar-refractivity contribution >= 4 is 28.3 Å². The second-order valence-electron chi connectivity index (χ2n) is 5.84. The first kappa shape index (κ1) is 15.0. The number of nitrogens with zero attached hydrogens (tertiary/aromatic N) is 1. The van der Waals surface area contributed by atoms with E-state index in [9.17, 15) is 14.7 Å². The molecule has 1 unspecified atom stereocenters. The fraction of sp³-hybridized carbons (Fsp3) is 0.643. The molecule has 1 atom stereocenters. The van der Waals surface area contributed by atoms with Gasteiger partial charge in [0.05, 0.1) is 11.1 Å². The van der Waals surface area contributed by atoms with Gasteiger partial charge >= 0.3 is 5.97 Å². The molecule has 110 valence electrons. The highest BCUT2D eigenvalue weighted by atomic mass is 32.1. The molecule has 1 aliphatic carbocycles. The lowest BCUT2D eigenvalue weighted by molar-refractivity contribution is -0.153. The number of carbonyl (C=O) groups excluding carboxylic acids is 1. The lowest BCUT2D eigenvalue weighted by Crippen LogP contribution is -2.37. The van der Waals surface area contributed by atoms with Crippen molar-refractivity contribution in [2.24, 2.45) is 11.3 Å². The number of hydrogen-bond donors (Lipinski definition) is 2. The van der Waals surface area contributed by atoms with Crippen molar-refractivity contribution < 1.29 is 14.7 Å². The summed E-state index contributed by atoms with van der Waals surface area (Å²) in [7, 11) is 0. The molecule has 0 radical (unpaired) electrons. The number of carbonyl (C=O) groups is 2. The van der Waals surface area contributed by atoms with E-state index in [0.717, 1.165) is 25.0 Å². The van der Waals surface area contributed by atoms with Gasteiger partial charge in [0.25, 0.3) is 0 Å². The summed E-state index contributed by atoms with van der Waals surface area (Å²) in [4.78, 5) is 29.1. The average Bonchev–Trinajstić information content (AvgIpc) is 2.88. The van der Waals surface area contributed by atoms with Crippen LogP contribution < -0.4 is 5.32 Å².